The average molecular weight is 1270 g/mol. The van der Waals surface area contributed by atoms with Crippen molar-refractivity contribution < 1.29 is 47.6 Å². The first-order valence-electron chi connectivity index (χ1n) is 36.6. The van der Waals surface area contributed by atoms with Crippen LogP contribution in [0.2, 0.25) is 0 Å². The van der Waals surface area contributed by atoms with E-state index in [1.807, 2.05) is 112 Å². The molecule has 4 aliphatic heterocycles. The smallest absolute Gasteiger partial charge is 0.410 e. The van der Waals surface area contributed by atoms with Crippen LogP contribution in [-0.4, -0.2) is 94.7 Å². The molecule has 12 nitrogen and oxygen atoms in total. The summed E-state index contributed by atoms with van der Waals surface area (Å²) in [6, 6.07) is 20.0. The standard InChI is InChI=1S/C41H57NO5.C40H55NO5/c1-25-19-35-36(42(23-25)38(44)45-24-28-11-9-8-10-12-28)27(3)41(47-35)18-16-31-32-14-13-29-20-30(46-37(43)39(4,5)6)15-17-40(29,7)34(32)21-33(31)26(2)22-41;1-24-19-34-35(41(22-24)37(43)44-23-27-11-9-8-10-12-27)26(3)40(46-34)18-16-30-31-14-13-28-20-29(45-36(42)38(4,5)6)15-17-39(28,7)33(31)21-32(30)25(40)2/h8-13,25,27,30-32,34-36H,14-24H2,1-7H3;8-13,24,26,29-31,33-35H,14-23H2,1-7H3/t25-,27+,30-,31-,32-,34-,35+,36-,40-,41-;24-,26+,29-,30-,31-,33-,34+,35-,39-,40-/m00/s1. The first kappa shape index (κ1) is 66.4. The van der Waals surface area contributed by atoms with Gasteiger partial charge in [-0.3, -0.25) is 9.59 Å². The average Bonchev–Trinajstić information content (AvgIpc) is 1.56. The van der Waals surface area contributed by atoms with Crippen molar-refractivity contribution in [2.24, 2.45) is 80.8 Å². The predicted octanol–water partition coefficient (Wildman–Crippen LogP) is 17.7. The molecule has 93 heavy (non-hydrogen) atoms. The number of carbonyl (C=O) groups excluding carboxylic acids is 4. The van der Waals surface area contributed by atoms with E-state index in [1.165, 1.54) is 28.7 Å². The molecule has 0 aromatic heterocycles. The maximum Gasteiger partial charge on any atom is 0.410 e. The van der Waals surface area contributed by atoms with Crippen molar-refractivity contribution in [3.05, 3.63) is 117 Å². The lowest BCUT2D eigenvalue weighted by atomic mass is 9.56. The molecule has 2 aromatic carbocycles. The van der Waals surface area contributed by atoms with Crippen molar-refractivity contribution >= 4 is 24.1 Å². The van der Waals surface area contributed by atoms with Gasteiger partial charge in [-0.25, -0.2) is 9.59 Å². The third-order valence-corrected chi connectivity index (χ3v) is 26.8. The summed E-state index contributed by atoms with van der Waals surface area (Å²) < 4.78 is 38.3. The molecule has 14 rings (SSSR count). The Morgan fingerprint density at radius 3 is 1.51 bits per heavy atom. The van der Waals surface area contributed by atoms with Crippen LogP contribution >= 0.6 is 0 Å². The summed E-state index contributed by atoms with van der Waals surface area (Å²) in [5, 5.41) is 0. The third-order valence-electron chi connectivity index (χ3n) is 26.8. The van der Waals surface area contributed by atoms with Crippen LogP contribution in [0.4, 0.5) is 9.59 Å². The lowest BCUT2D eigenvalue weighted by molar-refractivity contribution is -0.161. The molecular formula is C81H112N2O10. The molecule has 8 fully saturated rings. The van der Waals surface area contributed by atoms with E-state index in [2.05, 4.69) is 67.5 Å². The van der Waals surface area contributed by atoms with Gasteiger partial charge in [0.15, 0.2) is 0 Å². The summed E-state index contributed by atoms with van der Waals surface area (Å²) in [4.78, 5) is 56.6. The van der Waals surface area contributed by atoms with E-state index in [1.54, 1.807) is 11.1 Å². The first-order chi connectivity index (χ1) is 44.1. The van der Waals surface area contributed by atoms with Gasteiger partial charge in [0.1, 0.15) is 25.4 Å². The van der Waals surface area contributed by atoms with Gasteiger partial charge in [0.2, 0.25) is 0 Å². The van der Waals surface area contributed by atoms with E-state index in [0.717, 1.165) is 127 Å². The first-order valence-corrected chi connectivity index (χ1v) is 36.6. The number of fused-ring (bicyclic) bond motifs is 12. The SMILES string of the molecule is CC1=C2C[C@H]3[C@@H](CC=C4C[C@@H](OC(=O)C(C)(C)C)CC[C@@]43C)[C@@H]2CC[C@@]2(C1)O[C@@H]1C[C@H](C)CN(C(=O)OCc3ccccc3)[C@H]1[C@H]2C.CC1=C2C[C@H]3[C@@H](CC=C4C[C@@H](OC(=O)C(C)(C)C)CC[C@@]43C)[C@@H]2CC[C@]12O[C@@H]1C[C@H](C)CN(C(=O)OCc3ccccc3)[C@H]1[C@H]2C. The maximum atomic E-state index is 13.6. The maximum absolute atomic E-state index is 13.6. The zero-order valence-corrected chi connectivity index (χ0v) is 59.0. The molecule has 20 atom stereocenters. The monoisotopic (exact) mass is 1270 g/mol. The predicted molar refractivity (Wildman–Crippen MR) is 362 cm³/mol. The largest absolute Gasteiger partial charge is 0.462 e. The summed E-state index contributed by atoms with van der Waals surface area (Å²) in [6.45, 7) is 32.6. The molecule has 4 heterocycles. The highest BCUT2D eigenvalue weighted by molar-refractivity contribution is 5.76. The van der Waals surface area contributed by atoms with Gasteiger partial charge in [0.25, 0.3) is 0 Å². The van der Waals surface area contributed by atoms with E-state index in [-0.39, 0.29) is 94.5 Å². The van der Waals surface area contributed by atoms with Crippen LogP contribution < -0.4 is 0 Å². The Hall–Kier alpha value is -5.20. The molecule has 0 unspecified atom stereocenters. The zero-order chi connectivity index (χ0) is 65.9. The van der Waals surface area contributed by atoms with Gasteiger partial charge in [0, 0.05) is 37.8 Å². The van der Waals surface area contributed by atoms with Crippen molar-refractivity contribution in [1.82, 2.24) is 9.80 Å². The number of hydrogen-bond donors (Lipinski definition) is 0. The van der Waals surface area contributed by atoms with E-state index < -0.39 is 10.8 Å². The normalized spacial score (nSPS) is 39.9. The molecule has 12 aliphatic rings. The number of hydrogen-bond acceptors (Lipinski definition) is 10. The minimum atomic E-state index is -0.470. The number of allylic oxidation sites excluding steroid dienone is 4. The Morgan fingerprint density at radius 1 is 0.559 bits per heavy atom. The van der Waals surface area contributed by atoms with E-state index in [0.29, 0.717) is 60.6 Å². The van der Waals surface area contributed by atoms with Crippen molar-refractivity contribution in [2.75, 3.05) is 13.1 Å². The van der Waals surface area contributed by atoms with Crippen LogP contribution in [0.15, 0.2) is 106 Å². The Morgan fingerprint density at radius 2 is 1.01 bits per heavy atom. The van der Waals surface area contributed by atoms with Crippen LogP contribution in [0.5, 0.6) is 0 Å². The fourth-order valence-corrected chi connectivity index (χ4v) is 21.6. The number of likely N-dealkylation sites (tertiary alicyclic amines) is 2. The minimum absolute atomic E-state index is 0.00342. The highest BCUT2D eigenvalue weighted by Gasteiger charge is 2.64. The van der Waals surface area contributed by atoms with E-state index >= 15 is 0 Å². The van der Waals surface area contributed by atoms with Crippen LogP contribution in [0, 0.1) is 80.8 Å². The van der Waals surface area contributed by atoms with Crippen LogP contribution in [0.1, 0.15) is 217 Å². The second-order valence-electron chi connectivity index (χ2n) is 34.6. The van der Waals surface area contributed by atoms with Crippen molar-refractivity contribution in [2.45, 2.75) is 267 Å². The molecule has 12 heteroatoms. The highest BCUT2D eigenvalue weighted by atomic mass is 16.6. The van der Waals surface area contributed by atoms with Gasteiger partial charge in [-0.05, 0) is 227 Å². The van der Waals surface area contributed by atoms with Crippen molar-refractivity contribution in [3.8, 4) is 0 Å². The van der Waals surface area contributed by atoms with Gasteiger partial charge < -0.3 is 38.2 Å². The number of rotatable bonds is 6. The highest BCUT2D eigenvalue weighted by Crippen LogP contribution is 2.67. The number of piperidine rings is 2. The van der Waals surface area contributed by atoms with Gasteiger partial charge in [-0.2, -0.15) is 0 Å². The van der Waals surface area contributed by atoms with Gasteiger partial charge in [0.05, 0.1) is 46.3 Å². The van der Waals surface area contributed by atoms with Crippen molar-refractivity contribution in [3.63, 3.8) is 0 Å². The number of benzene rings is 2. The lowest BCUT2D eigenvalue weighted by Gasteiger charge is -2.49. The number of amides is 2. The molecule has 2 aromatic rings. The van der Waals surface area contributed by atoms with Gasteiger partial charge in [-0.1, -0.05) is 142 Å². The third kappa shape index (κ3) is 12.0. The number of esters is 2. The summed E-state index contributed by atoms with van der Waals surface area (Å²) in [5.74, 6) is 4.89. The molecule has 2 spiro atoms. The number of carbonyl (C=O) groups is 4. The quantitative estimate of drug-likeness (QED) is 0.157. The lowest BCUT2D eigenvalue weighted by Crippen LogP contribution is -2.54. The molecule has 506 valence electrons. The Bertz CT molecular complexity index is 3300. The molecule has 4 saturated carbocycles. The summed E-state index contributed by atoms with van der Waals surface area (Å²) in [5.41, 5.74) is 10.3. The molecule has 2 amide bonds. The molecule has 4 saturated heterocycles. The van der Waals surface area contributed by atoms with Crippen LogP contribution in [-0.2, 0) is 51.2 Å². The molecular weight excluding hydrogens is 1160 g/mol. The number of ether oxygens (including phenoxy) is 6. The molecule has 8 aliphatic carbocycles. The van der Waals surface area contributed by atoms with Crippen molar-refractivity contribution in [1.29, 1.82) is 0 Å². The summed E-state index contributed by atoms with van der Waals surface area (Å²) >= 11 is 0. The molecule has 0 N–H and O–H groups in total. The fourth-order valence-electron chi connectivity index (χ4n) is 21.6. The molecule has 0 bridgehead atoms. The topological polar surface area (TPSA) is 130 Å². The van der Waals surface area contributed by atoms with E-state index in [4.69, 9.17) is 28.4 Å². The summed E-state index contributed by atoms with van der Waals surface area (Å²) in [6.07, 6.45) is 22.6. The zero-order valence-electron chi connectivity index (χ0n) is 59.0. The molecule has 0 radical (unpaired) electrons. The van der Waals surface area contributed by atoms with Gasteiger partial charge >= 0.3 is 24.1 Å². The number of nitrogens with zero attached hydrogens (tertiary/aromatic N) is 2. The Labute approximate surface area is 557 Å². The Balaban J connectivity index is 0.000000169. The van der Waals surface area contributed by atoms with Crippen LogP contribution in [0.25, 0.3) is 0 Å². The second kappa shape index (κ2) is 25.0. The fraction of sp³-hybridized carbons (Fsp3) is 0.704. The Kier molecular flexibility index (Phi) is 17.9. The summed E-state index contributed by atoms with van der Waals surface area (Å²) in [7, 11) is 0. The van der Waals surface area contributed by atoms with Crippen LogP contribution in [0.3, 0.4) is 0 Å². The van der Waals surface area contributed by atoms with E-state index in [9.17, 15) is 19.2 Å². The second-order valence-corrected chi connectivity index (χ2v) is 34.6. The van der Waals surface area contributed by atoms with Gasteiger partial charge in [-0.15, -0.1) is 0 Å². The minimum Gasteiger partial charge on any atom is -0.462 e.